The van der Waals surface area contributed by atoms with Crippen molar-refractivity contribution in [2.45, 2.75) is 45.6 Å². The quantitative estimate of drug-likeness (QED) is 0.562. The fourth-order valence-electron chi connectivity index (χ4n) is 5.12. The number of nitrogens with zero attached hydrogens (tertiary/aromatic N) is 4. The van der Waals surface area contributed by atoms with Gasteiger partial charge in [0.2, 0.25) is 0 Å². The summed E-state index contributed by atoms with van der Waals surface area (Å²) in [6, 6.07) is 8.48. The fourth-order valence-corrected chi connectivity index (χ4v) is 5.91. The van der Waals surface area contributed by atoms with Crippen LogP contribution in [0.5, 0.6) is 11.8 Å². The summed E-state index contributed by atoms with van der Waals surface area (Å²) in [6.45, 7) is 8.09. The van der Waals surface area contributed by atoms with Crippen molar-refractivity contribution in [3.8, 4) is 11.8 Å². The second-order valence-corrected chi connectivity index (χ2v) is 9.95. The van der Waals surface area contributed by atoms with Crippen molar-refractivity contribution in [1.82, 2.24) is 13.8 Å². The lowest BCUT2D eigenvalue weighted by atomic mass is 9.87. The molecule has 1 atom stereocenters. The van der Waals surface area contributed by atoms with Crippen LogP contribution in [0, 0.1) is 5.92 Å². The lowest BCUT2D eigenvalue weighted by Crippen LogP contribution is -2.46. The number of benzene rings is 1. The molecule has 6 nitrogen and oxygen atoms in total. The molecule has 7 heteroatoms. The van der Waals surface area contributed by atoms with Crippen LogP contribution in [0.4, 0.5) is 5.82 Å². The minimum absolute atomic E-state index is 0.295. The van der Waals surface area contributed by atoms with Crippen LogP contribution in [0.15, 0.2) is 24.3 Å². The van der Waals surface area contributed by atoms with E-state index >= 15 is 0 Å². The number of piperazine rings is 1. The summed E-state index contributed by atoms with van der Waals surface area (Å²) in [5.41, 5.74) is 1.95. The number of fused-ring (bicyclic) bond motifs is 2. The Bertz CT molecular complexity index is 1050. The van der Waals surface area contributed by atoms with Gasteiger partial charge in [-0.25, -0.2) is 0 Å². The molecule has 31 heavy (non-hydrogen) atoms. The third-order valence-electron chi connectivity index (χ3n) is 6.99. The first kappa shape index (κ1) is 20.6. The molecule has 166 valence electrons. The Kier molecular flexibility index (Phi) is 5.80. The maximum absolute atomic E-state index is 10.6. The molecule has 1 saturated heterocycles. The van der Waals surface area contributed by atoms with Gasteiger partial charge in [-0.15, -0.1) is 0 Å². The molecule has 2 aliphatic rings. The van der Waals surface area contributed by atoms with Gasteiger partial charge >= 0.3 is 0 Å². The Morgan fingerprint density at radius 2 is 1.74 bits per heavy atom. The molecule has 0 saturated carbocycles. The van der Waals surface area contributed by atoms with Gasteiger partial charge in [0, 0.05) is 49.2 Å². The summed E-state index contributed by atoms with van der Waals surface area (Å²) >= 11 is 1.59. The van der Waals surface area contributed by atoms with Crippen molar-refractivity contribution >= 4 is 27.4 Å². The SMILES string of the molecule is CC1CCc2c(c(O)n(CCCCN3CCN(c4nsc5ccccc45)CC3)c2O)C1. The van der Waals surface area contributed by atoms with Crippen molar-refractivity contribution in [1.29, 1.82) is 0 Å². The molecule has 0 radical (unpaired) electrons. The molecule has 1 aliphatic carbocycles. The predicted octanol–water partition coefficient (Wildman–Crippen LogP) is 4.24. The van der Waals surface area contributed by atoms with E-state index in [1.165, 1.54) is 10.1 Å². The molecule has 1 aromatic carbocycles. The molecular formula is C24H32N4O2S. The first-order valence-corrected chi connectivity index (χ1v) is 12.3. The van der Waals surface area contributed by atoms with Gasteiger partial charge in [-0.1, -0.05) is 19.1 Å². The summed E-state index contributed by atoms with van der Waals surface area (Å²) in [7, 11) is 0. The molecule has 1 fully saturated rings. The van der Waals surface area contributed by atoms with Gasteiger partial charge in [0.15, 0.2) is 11.8 Å². The van der Waals surface area contributed by atoms with Crippen LogP contribution in [0.2, 0.25) is 0 Å². The zero-order valence-corrected chi connectivity index (χ0v) is 19.1. The van der Waals surface area contributed by atoms with Crippen molar-refractivity contribution in [3.63, 3.8) is 0 Å². The van der Waals surface area contributed by atoms with Crippen LogP contribution in [-0.2, 0) is 19.4 Å². The normalized spacial score (nSPS) is 19.8. The highest BCUT2D eigenvalue weighted by Gasteiger charge is 2.27. The largest absolute Gasteiger partial charge is 0.494 e. The summed E-state index contributed by atoms with van der Waals surface area (Å²) in [5, 5.41) is 22.4. The maximum atomic E-state index is 10.6. The van der Waals surface area contributed by atoms with E-state index in [-0.39, 0.29) is 0 Å². The third-order valence-corrected chi connectivity index (χ3v) is 7.81. The first-order valence-electron chi connectivity index (χ1n) is 11.6. The number of aromatic nitrogens is 2. The summed E-state index contributed by atoms with van der Waals surface area (Å²) in [4.78, 5) is 4.93. The van der Waals surface area contributed by atoms with Gasteiger partial charge in [0.05, 0.1) is 4.70 Å². The van der Waals surface area contributed by atoms with Gasteiger partial charge in [0.1, 0.15) is 5.82 Å². The molecule has 3 heterocycles. The Hall–Kier alpha value is -2.25. The van der Waals surface area contributed by atoms with Gasteiger partial charge in [-0.2, -0.15) is 4.37 Å². The standard InChI is InChI=1S/C24H32N4O2S/c1-17-8-9-18-20(16-17)24(30)28(23(18)29)11-5-4-10-26-12-14-27(15-13-26)22-19-6-2-3-7-21(19)31-25-22/h2-3,6-7,17,29-30H,4-5,8-16H2,1H3. The topological polar surface area (TPSA) is 64.8 Å². The lowest BCUT2D eigenvalue weighted by Gasteiger charge is -2.35. The van der Waals surface area contributed by atoms with Crippen molar-refractivity contribution in [3.05, 3.63) is 35.4 Å². The Morgan fingerprint density at radius 1 is 1.00 bits per heavy atom. The van der Waals surface area contributed by atoms with Crippen molar-refractivity contribution in [2.24, 2.45) is 5.92 Å². The highest BCUT2D eigenvalue weighted by molar-refractivity contribution is 7.13. The van der Waals surface area contributed by atoms with Crippen LogP contribution >= 0.6 is 11.5 Å². The first-order chi connectivity index (χ1) is 15.1. The highest BCUT2D eigenvalue weighted by Crippen LogP contribution is 2.40. The zero-order chi connectivity index (χ0) is 21.4. The Balaban J connectivity index is 1.10. The van der Waals surface area contributed by atoms with E-state index < -0.39 is 0 Å². The van der Waals surface area contributed by atoms with Gasteiger partial charge in [0.25, 0.3) is 0 Å². The van der Waals surface area contributed by atoms with E-state index in [4.69, 9.17) is 4.37 Å². The second kappa shape index (κ2) is 8.71. The van der Waals surface area contributed by atoms with E-state index in [9.17, 15) is 10.2 Å². The average Bonchev–Trinajstić information content (AvgIpc) is 3.32. The zero-order valence-electron chi connectivity index (χ0n) is 18.3. The Morgan fingerprint density at radius 3 is 2.58 bits per heavy atom. The van der Waals surface area contributed by atoms with Gasteiger partial charge in [-0.05, 0) is 68.2 Å². The number of unbranched alkanes of at least 4 members (excludes halogenated alkanes) is 1. The molecule has 5 rings (SSSR count). The average molecular weight is 441 g/mol. The van der Waals surface area contributed by atoms with Crippen LogP contribution in [0.1, 0.15) is 37.3 Å². The number of rotatable bonds is 6. The fraction of sp³-hybridized carbons (Fsp3) is 0.542. The predicted molar refractivity (Wildman–Crippen MR) is 126 cm³/mol. The minimum atomic E-state index is 0.295. The van der Waals surface area contributed by atoms with E-state index in [0.717, 1.165) is 81.8 Å². The molecule has 2 aromatic heterocycles. The lowest BCUT2D eigenvalue weighted by molar-refractivity contribution is 0.249. The van der Waals surface area contributed by atoms with Crippen LogP contribution in [0.25, 0.3) is 10.1 Å². The number of anilines is 1. The van der Waals surface area contributed by atoms with Crippen molar-refractivity contribution < 1.29 is 10.2 Å². The maximum Gasteiger partial charge on any atom is 0.197 e. The van der Waals surface area contributed by atoms with Crippen LogP contribution < -0.4 is 4.90 Å². The van der Waals surface area contributed by atoms with E-state index in [1.54, 1.807) is 16.1 Å². The third kappa shape index (κ3) is 4.01. The van der Waals surface area contributed by atoms with Crippen molar-refractivity contribution in [2.75, 3.05) is 37.6 Å². The minimum Gasteiger partial charge on any atom is -0.494 e. The summed E-state index contributed by atoms with van der Waals surface area (Å²) in [6.07, 6.45) is 4.87. The molecule has 0 spiro atoms. The van der Waals surface area contributed by atoms with Crippen LogP contribution in [-0.4, -0.2) is 56.8 Å². The summed E-state index contributed by atoms with van der Waals surface area (Å²) < 4.78 is 7.69. The summed E-state index contributed by atoms with van der Waals surface area (Å²) in [5.74, 6) is 2.30. The monoisotopic (exact) mass is 440 g/mol. The molecule has 1 aliphatic heterocycles. The number of hydrogen-bond acceptors (Lipinski definition) is 6. The second-order valence-electron chi connectivity index (χ2n) is 9.14. The molecule has 0 amide bonds. The number of hydrogen-bond donors (Lipinski definition) is 2. The van der Waals surface area contributed by atoms with E-state index in [1.807, 2.05) is 0 Å². The smallest absolute Gasteiger partial charge is 0.197 e. The highest BCUT2D eigenvalue weighted by atomic mass is 32.1. The Labute approximate surface area is 187 Å². The molecule has 2 N–H and O–H groups in total. The molecule has 0 bridgehead atoms. The van der Waals surface area contributed by atoms with Gasteiger partial charge in [-0.3, -0.25) is 9.47 Å². The molecule has 1 unspecified atom stereocenters. The van der Waals surface area contributed by atoms with E-state index in [0.29, 0.717) is 24.2 Å². The molecular weight excluding hydrogens is 408 g/mol. The molecule has 3 aromatic rings. The number of aromatic hydroxyl groups is 2. The van der Waals surface area contributed by atoms with Gasteiger partial charge < -0.3 is 15.1 Å². The van der Waals surface area contributed by atoms with Crippen LogP contribution in [0.3, 0.4) is 0 Å². The van der Waals surface area contributed by atoms with E-state index in [2.05, 4.69) is 41.0 Å².